The van der Waals surface area contributed by atoms with Crippen molar-refractivity contribution in [2.75, 3.05) is 26.2 Å². The van der Waals surface area contributed by atoms with Crippen LogP contribution in [0.4, 0.5) is 0 Å². The molecule has 1 atom stereocenters. The lowest BCUT2D eigenvalue weighted by atomic mass is 9.98. The first-order valence-electron chi connectivity index (χ1n) is 6.80. The van der Waals surface area contributed by atoms with E-state index < -0.39 is 0 Å². The maximum atomic E-state index is 10.1. The molecule has 0 radical (unpaired) electrons. The van der Waals surface area contributed by atoms with Gasteiger partial charge < -0.3 is 15.5 Å². The Kier molecular flexibility index (Phi) is 4.82. The van der Waals surface area contributed by atoms with Crippen LogP contribution in [0.2, 0.25) is 0 Å². The topological polar surface area (TPSA) is 55.7 Å². The van der Waals surface area contributed by atoms with Gasteiger partial charge in [0.25, 0.3) is 0 Å². The molecule has 0 saturated carbocycles. The van der Waals surface area contributed by atoms with Gasteiger partial charge in [0, 0.05) is 37.8 Å². The van der Waals surface area contributed by atoms with Crippen LogP contribution in [0.5, 0.6) is 11.5 Å². The fourth-order valence-corrected chi connectivity index (χ4v) is 2.62. The molecule has 2 rings (SSSR count). The third kappa shape index (κ3) is 3.28. The second kappa shape index (κ2) is 6.59. The van der Waals surface area contributed by atoms with E-state index in [9.17, 15) is 10.2 Å². The number of phenols is 2. The molecule has 0 aromatic heterocycles. The molecule has 4 heteroatoms. The summed E-state index contributed by atoms with van der Waals surface area (Å²) in [7, 11) is 0. The Morgan fingerprint density at radius 1 is 1.32 bits per heavy atom. The van der Waals surface area contributed by atoms with Crippen molar-refractivity contribution >= 4 is 0 Å². The van der Waals surface area contributed by atoms with Gasteiger partial charge in [0.15, 0.2) is 11.5 Å². The first-order valence-corrected chi connectivity index (χ1v) is 6.80. The first-order chi connectivity index (χ1) is 9.24. The monoisotopic (exact) mass is 262 g/mol. The zero-order chi connectivity index (χ0) is 13.7. The van der Waals surface area contributed by atoms with Crippen LogP contribution in [0.3, 0.4) is 0 Å². The van der Waals surface area contributed by atoms with E-state index in [1.807, 2.05) is 12.1 Å². The summed E-state index contributed by atoms with van der Waals surface area (Å²) in [6.07, 6.45) is 3.69. The molecular formula is C15H22N2O2. The molecule has 0 bridgehead atoms. The molecule has 1 aromatic carbocycles. The zero-order valence-corrected chi connectivity index (χ0v) is 11.2. The first kappa shape index (κ1) is 13.9. The average Bonchev–Trinajstić information content (AvgIpc) is 2.45. The Labute approximate surface area is 114 Å². The van der Waals surface area contributed by atoms with Crippen LogP contribution in [0.1, 0.15) is 24.4 Å². The number of hydrogen-bond donors (Lipinski definition) is 3. The van der Waals surface area contributed by atoms with Gasteiger partial charge in [-0.25, -0.2) is 0 Å². The number of benzene rings is 1. The molecule has 1 heterocycles. The summed E-state index contributed by atoms with van der Waals surface area (Å²) in [4.78, 5) is 2.36. The zero-order valence-electron chi connectivity index (χ0n) is 11.2. The van der Waals surface area contributed by atoms with E-state index in [4.69, 9.17) is 0 Å². The molecule has 1 aromatic rings. The summed E-state index contributed by atoms with van der Waals surface area (Å²) in [5, 5.41) is 23.1. The number of rotatable bonds is 5. The lowest BCUT2D eigenvalue weighted by molar-refractivity contribution is 0.163. The molecule has 0 unspecified atom stereocenters. The number of nitrogens with one attached hydrogen (secondary N) is 1. The molecule has 104 valence electrons. The van der Waals surface area contributed by atoms with Crippen LogP contribution in [-0.4, -0.2) is 41.3 Å². The summed E-state index contributed by atoms with van der Waals surface area (Å²) in [5.74, 6) is -0.0358. The van der Waals surface area contributed by atoms with Crippen molar-refractivity contribution in [2.45, 2.75) is 18.9 Å². The fourth-order valence-electron chi connectivity index (χ4n) is 2.62. The molecule has 0 aliphatic carbocycles. The highest BCUT2D eigenvalue weighted by atomic mass is 16.3. The summed E-state index contributed by atoms with van der Waals surface area (Å²) in [6.45, 7) is 7.60. The highest BCUT2D eigenvalue weighted by molar-refractivity contribution is 5.46. The van der Waals surface area contributed by atoms with Gasteiger partial charge in [-0.1, -0.05) is 18.2 Å². The number of hydrogen-bond acceptors (Lipinski definition) is 4. The largest absolute Gasteiger partial charge is 0.504 e. The van der Waals surface area contributed by atoms with Crippen molar-refractivity contribution in [3.8, 4) is 11.5 Å². The number of nitrogens with zero attached hydrogens (tertiary/aromatic N) is 1. The van der Waals surface area contributed by atoms with E-state index in [0.29, 0.717) is 0 Å². The fraction of sp³-hybridized carbons (Fsp3) is 0.467. The van der Waals surface area contributed by atoms with Crippen molar-refractivity contribution in [3.63, 3.8) is 0 Å². The van der Waals surface area contributed by atoms with E-state index >= 15 is 0 Å². The molecule has 1 aliphatic rings. The normalized spacial score (nSPS) is 18.1. The summed E-state index contributed by atoms with van der Waals surface area (Å²) >= 11 is 0. The summed E-state index contributed by atoms with van der Waals surface area (Å²) in [5.41, 5.74) is 0.809. The van der Waals surface area contributed by atoms with Gasteiger partial charge in [0.1, 0.15) is 0 Å². The van der Waals surface area contributed by atoms with Gasteiger partial charge >= 0.3 is 0 Å². The number of phenolic OH excluding ortho intramolecular Hbond substituents is 2. The second-order valence-corrected chi connectivity index (χ2v) is 4.88. The molecule has 19 heavy (non-hydrogen) atoms. The Morgan fingerprint density at radius 3 is 2.74 bits per heavy atom. The van der Waals surface area contributed by atoms with Crippen molar-refractivity contribution in [1.29, 1.82) is 0 Å². The number of allylic oxidation sites excluding steroid dienone is 1. The molecule has 4 nitrogen and oxygen atoms in total. The Balaban J connectivity index is 2.24. The predicted molar refractivity (Wildman–Crippen MR) is 76.4 cm³/mol. The van der Waals surface area contributed by atoms with Crippen LogP contribution < -0.4 is 5.32 Å². The van der Waals surface area contributed by atoms with Gasteiger partial charge in [0.05, 0.1) is 0 Å². The Bertz CT molecular complexity index is 428. The number of piperazine rings is 1. The van der Waals surface area contributed by atoms with Crippen LogP contribution in [0.25, 0.3) is 0 Å². The van der Waals surface area contributed by atoms with Gasteiger partial charge in [0.2, 0.25) is 0 Å². The van der Waals surface area contributed by atoms with Crippen LogP contribution in [-0.2, 0) is 0 Å². The third-order valence-electron chi connectivity index (χ3n) is 3.64. The maximum Gasteiger partial charge on any atom is 0.162 e. The molecule has 1 aliphatic heterocycles. The van der Waals surface area contributed by atoms with E-state index in [1.54, 1.807) is 6.07 Å². The summed E-state index contributed by atoms with van der Waals surface area (Å²) < 4.78 is 0. The van der Waals surface area contributed by atoms with Gasteiger partial charge in [-0.2, -0.15) is 0 Å². The minimum absolute atomic E-state index is 0.00935. The van der Waals surface area contributed by atoms with Crippen LogP contribution >= 0.6 is 0 Å². The molecule has 1 fully saturated rings. The third-order valence-corrected chi connectivity index (χ3v) is 3.64. The van der Waals surface area contributed by atoms with Crippen molar-refractivity contribution < 1.29 is 10.2 Å². The molecule has 0 spiro atoms. The van der Waals surface area contributed by atoms with Crippen molar-refractivity contribution in [3.05, 3.63) is 36.4 Å². The smallest absolute Gasteiger partial charge is 0.162 e. The van der Waals surface area contributed by atoms with Gasteiger partial charge in [-0.3, -0.25) is 4.90 Å². The number of aromatic hydroxyl groups is 2. The maximum absolute atomic E-state index is 10.1. The lowest BCUT2D eigenvalue weighted by Gasteiger charge is -2.35. The SMILES string of the molecule is C=CCC[C@H](c1cccc(O)c1O)N1CCNCC1. The predicted octanol–water partition coefficient (Wildman–Crippen LogP) is 2.01. The Hall–Kier alpha value is -1.52. The standard InChI is InChI=1S/C15H22N2O2/c1-2-3-6-13(17-10-8-16-9-11-17)12-5-4-7-14(18)15(12)19/h2,4-5,7,13,16,18-19H,1,3,6,8-11H2/t13-/m1/s1. The number of para-hydroxylation sites is 1. The molecule has 0 amide bonds. The van der Waals surface area contributed by atoms with Crippen molar-refractivity contribution in [2.24, 2.45) is 0 Å². The minimum atomic E-state index is -0.0452. The van der Waals surface area contributed by atoms with E-state index in [2.05, 4.69) is 16.8 Å². The quantitative estimate of drug-likeness (QED) is 0.561. The van der Waals surface area contributed by atoms with Gasteiger partial charge in [-0.15, -0.1) is 6.58 Å². The molecular weight excluding hydrogens is 240 g/mol. The molecule has 3 N–H and O–H groups in total. The van der Waals surface area contributed by atoms with Crippen molar-refractivity contribution in [1.82, 2.24) is 10.2 Å². The minimum Gasteiger partial charge on any atom is -0.504 e. The highest BCUT2D eigenvalue weighted by Crippen LogP contribution is 2.37. The van der Waals surface area contributed by atoms with E-state index in [-0.39, 0.29) is 17.5 Å². The molecule has 1 saturated heterocycles. The second-order valence-electron chi connectivity index (χ2n) is 4.88. The van der Waals surface area contributed by atoms with Crippen LogP contribution in [0, 0.1) is 0 Å². The highest BCUT2D eigenvalue weighted by Gasteiger charge is 2.24. The van der Waals surface area contributed by atoms with E-state index in [1.165, 1.54) is 6.07 Å². The lowest BCUT2D eigenvalue weighted by Crippen LogP contribution is -2.45. The van der Waals surface area contributed by atoms with Gasteiger partial charge in [-0.05, 0) is 18.9 Å². The Morgan fingerprint density at radius 2 is 2.05 bits per heavy atom. The van der Waals surface area contributed by atoms with Crippen LogP contribution in [0.15, 0.2) is 30.9 Å². The summed E-state index contributed by atoms with van der Waals surface area (Å²) in [6, 6.07) is 5.33. The average molecular weight is 262 g/mol. The van der Waals surface area contributed by atoms with E-state index in [0.717, 1.165) is 44.6 Å².